The van der Waals surface area contributed by atoms with Crippen LogP contribution in [0, 0.1) is 32.5 Å². The van der Waals surface area contributed by atoms with Gasteiger partial charge in [0, 0.05) is 30.5 Å². The van der Waals surface area contributed by atoms with E-state index in [1.807, 2.05) is 45.0 Å². The highest BCUT2D eigenvalue weighted by molar-refractivity contribution is 7.89. The van der Waals surface area contributed by atoms with Crippen LogP contribution in [0.4, 0.5) is 4.39 Å². The molecular weight excluding hydrogens is 612 g/mol. The van der Waals surface area contributed by atoms with Gasteiger partial charge in [0.2, 0.25) is 20.0 Å². The van der Waals surface area contributed by atoms with Crippen LogP contribution in [0.1, 0.15) is 52.7 Å². The summed E-state index contributed by atoms with van der Waals surface area (Å²) in [5.41, 5.74) is 3.55. The Hall–Kier alpha value is -3.70. The van der Waals surface area contributed by atoms with Crippen LogP contribution in [-0.4, -0.2) is 43.8 Å². The van der Waals surface area contributed by atoms with E-state index in [0.717, 1.165) is 16.7 Å². The Morgan fingerprint density at radius 2 is 1.18 bits per heavy atom. The number of piperidine rings is 2. The predicted octanol–water partition coefficient (Wildman–Crippen LogP) is 6.28. The molecule has 45 heavy (non-hydrogen) atoms. The predicted molar refractivity (Wildman–Crippen MR) is 170 cm³/mol. The fourth-order valence-corrected chi connectivity index (χ4v) is 10.1. The third kappa shape index (κ3) is 5.76. The number of carbonyl (C=O) groups excluding carboxylic acids is 1. The molecule has 2 aliphatic rings. The molecule has 2 aliphatic heterocycles. The van der Waals surface area contributed by atoms with E-state index in [0.29, 0.717) is 5.56 Å². The number of hydrogen-bond acceptors (Lipinski definition) is 5. The number of hydrogen-bond donors (Lipinski definition) is 0. The average Bonchev–Trinajstić information content (AvgIpc) is 3.01. The second-order valence-electron chi connectivity index (χ2n) is 12.1. The van der Waals surface area contributed by atoms with Crippen LogP contribution in [-0.2, 0) is 24.8 Å². The second kappa shape index (κ2) is 11.9. The molecule has 4 atom stereocenters. The van der Waals surface area contributed by atoms with Crippen LogP contribution in [0.25, 0.3) is 0 Å². The van der Waals surface area contributed by atoms with Crippen molar-refractivity contribution in [3.05, 3.63) is 131 Å². The lowest BCUT2D eigenvalue weighted by molar-refractivity contribution is -0.132. The maximum atomic E-state index is 15.5. The molecule has 2 saturated heterocycles. The van der Waals surface area contributed by atoms with Gasteiger partial charge >= 0.3 is 0 Å². The Balaban J connectivity index is 1.52. The van der Waals surface area contributed by atoms with Gasteiger partial charge in [-0.25, -0.2) is 21.2 Å². The van der Waals surface area contributed by atoms with Crippen molar-refractivity contribution in [3.8, 4) is 0 Å². The summed E-state index contributed by atoms with van der Waals surface area (Å²) in [4.78, 5) is 14.1. The number of carbonyl (C=O) groups is 1. The first-order valence-corrected chi connectivity index (χ1v) is 17.8. The first kappa shape index (κ1) is 31.3. The van der Waals surface area contributed by atoms with Crippen molar-refractivity contribution >= 4 is 25.8 Å². The van der Waals surface area contributed by atoms with Gasteiger partial charge in [0.15, 0.2) is 0 Å². The van der Waals surface area contributed by atoms with Crippen molar-refractivity contribution in [1.82, 2.24) is 8.61 Å². The summed E-state index contributed by atoms with van der Waals surface area (Å²) in [6, 6.07) is 23.5. The molecule has 7 nitrogen and oxygen atoms in total. The fraction of sp³-hybridized carbons (Fsp3) is 0.286. The molecular formula is C35H35FN2O5S2. The SMILES string of the molecule is Cc1ccc([C@@H]2CC(=O)[C@@H]3CN(S(=O)(=O)c4ccc(C)cc4)C(c4ccccc4F)C[C@@H]3N2S(=O)(=O)c2ccc(C)cc2)cc1. The molecule has 0 spiro atoms. The standard InChI is InChI=1S/C35H35FN2O5S2/c1-23-8-14-26(15-9-23)32-21-35(39)30-22-37(44(40,41)27-16-10-24(2)11-17-27)33(29-6-4-5-7-31(29)36)20-34(30)38(32)45(42,43)28-18-12-25(3)13-19-28/h4-19,30,32-34H,20-22H2,1-3H3/t30-,32+,33?,34+/m1/s1. The van der Waals surface area contributed by atoms with Gasteiger partial charge in [-0.05, 0) is 63.1 Å². The lowest BCUT2D eigenvalue weighted by atomic mass is 9.77. The number of fused-ring (bicyclic) bond motifs is 1. The summed E-state index contributed by atoms with van der Waals surface area (Å²) in [5, 5.41) is 0. The number of halogens is 1. The van der Waals surface area contributed by atoms with Crippen molar-refractivity contribution < 1.29 is 26.0 Å². The highest BCUT2D eigenvalue weighted by Gasteiger charge is 2.54. The van der Waals surface area contributed by atoms with Crippen LogP contribution in [0.5, 0.6) is 0 Å². The zero-order valence-corrected chi connectivity index (χ0v) is 26.9. The average molecular weight is 647 g/mol. The first-order chi connectivity index (χ1) is 21.4. The van der Waals surface area contributed by atoms with Crippen LogP contribution in [0.15, 0.2) is 107 Å². The van der Waals surface area contributed by atoms with Gasteiger partial charge in [-0.1, -0.05) is 83.4 Å². The maximum Gasteiger partial charge on any atom is 0.243 e. The Kier molecular flexibility index (Phi) is 8.28. The highest BCUT2D eigenvalue weighted by atomic mass is 32.2. The smallest absolute Gasteiger partial charge is 0.243 e. The Bertz CT molecular complexity index is 1940. The molecule has 4 aromatic rings. The first-order valence-electron chi connectivity index (χ1n) is 14.9. The number of sulfonamides is 2. The van der Waals surface area contributed by atoms with Crippen molar-refractivity contribution in [1.29, 1.82) is 0 Å². The van der Waals surface area contributed by atoms with Crippen LogP contribution < -0.4 is 0 Å². The zero-order valence-electron chi connectivity index (χ0n) is 25.3. The monoisotopic (exact) mass is 646 g/mol. The number of ketones is 1. The molecule has 234 valence electrons. The summed E-state index contributed by atoms with van der Waals surface area (Å²) in [6.45, 7) is 5.36. The number of aryl methyl sites for hydroxylation is 3. The Morgan fingerprint density at radius 3 is 1.73 bits per heavy atom. The molecule has 0 bridgehead atoms. The second-order valence-corrected chi connectivity index (χ2v) is 15.8. The van der Waals surface area contributed by atoms with E-state index in [1.165, 1.54) is 38.9 Å². The van der Waals surface area contributed by atoms with Gasteiger partial charge in [-0.15, -0.1) is 0 Å². The third-order valence-corrected chi connectivity index (χ3v) is 12.9. The lowest BCUT2D eigenvalue weighted by Crippen LogP contribution is -2.61. The molecule has 0 N–H and O–H groups in total. The molecule has 2 fully saturated rings. The topological polar surface area (TPSA) is 91.8 Å². The lowest BCUT2D eigenvalue weighted by Gasteiger charge is -2.51. The Labute approximate surface area is 264 Å². The number of Topliss-reactive ketones (excluding diaryl/α,β-unsaturated/α-hetero) is 1. The van der Waals surface area contributed by atoms with Gasteiger partial charge in [0.1, 0.15) is 11.6 Å². The molecule has 10 heteroatoms. The van der Waals surface area contributed by atoms with E-state index in [-0.39, 0.29) is 40.5 Å². The van der Waals surface area contributed by atoms with Crippen molar-refractivity contribution in [2.45, 2.75) is 61.5 Å². The summed E-state index contributed by atoms with van der Waals surface area (Å²) in [6.07, 6.45) is -0.214. The van der Waals surface area contributed by atoms with Gasteiger partial charge in [0.25, 0.3) is 0 Å². The molecule has 0 radical (unpaired) electrons. The number of benzene rings is 4. The van der Waals surface area contributed by atoms with Crippen molar-refractivity contribution in [2.24, 2.45) is 5.92 Å². The molecule has 0 saturated carbocycles. The minimum atomic E-state index is -4.20. The van der Waals surface area contributed by atoms with Crippen LogP contribution in [0.3, 0.4) is 0 Å². The molecule has 2 heterocycles. The van der Waals surface area contributed by atoms with Crippen LogP contribution in [0.2, 0.25) is 0 Å². The Morgan fingerprint density at radius 1 is 0.667 bits per heavy atom. The number of rotatable bonds is 6. The highest BCUT2D eigenvalue weighted by Crippen LogP contribution is 2.48. The molecule has 0 aromatic heterocycles. The van der Waals surface area contributed by atoms with Gasteiger partial charge in [-0.3, -0.25) is 4.79 Å². The van der Waals surface area contributed by atoms with Crippen LogP contribution >= 0.6 is 0 Å². The molecule has 6 rings (SSSR count). The number of nitrogens with zero attached hydrogens (tertiary/aromatic N) is 2. The van der Waals surface area contributed by atoms with Gasteiger partial charge in [-0.2, -0.15) is 8.61 Å². The summed E-state index contributed by atoms with van der Waals surface area (Å²) in [7, 11) is -8.39. The summed E-state index contributed by atoms with van der Waals surface area (Å²) >= 11 is 0. The van der Waals surface area contributed by atoms with Gasteiger partial charge in [0.05, 0.1) is 21.9 Å². The minimum Gasteiger partial charge on any atom is -0.299 e. The molecule has 0 amide bonds. The normalized spacial score (nSPS) is 23.1. The zero-order chi connectivity index (χ0) is 32.1. The van der Waals surface area contributed by atoms with E-state index in [1.54, 1.807) is 42.5 Å². The van der Waals surface area contributed by atoms with E-state index < -0.39 is 49.9 Å². The maximum absolute atomic E-state index is 15.5. The molecule has 0 aliphatic carbocycles. The fourth-order valence-electron chi connectivity index (χ4n) is 6.58. The third-order valence-electron chi connectivity index (χ3n) is 9.05. The van der Waals surface area contributed by atoms with Crippen molar-refractivity contribution in [3.63, 3.8) is 0 Å². The quantitative estimate of drug-likeness (QED) is 0.246. The largest absolute Gasteiger partial charge is 0.299 e. The van der Waals surface area contributed by atoms with Gasteiger partial charge < -0.3 is 0 Å². The molecule has 4 aromatic carbocycles. The summed E-state index contributed by atoms with van der Waals surface area (Å²) < 4.78 is 75.6. The van der Waals surface area contributed by atoms with E-state index >= 15 is 4.39 Å². The van der Waals surface area contributed by atoms with E-state index in [4.69, 9.17) is 0 Å². The minimum absolute atomic E-state index is 0.0258. The summed E-state index contributed by atoms with van der Waals surface area (Å²) in [5.74, 6) is -1.78. The van der Waals surface area contributed by atoms with Crippen molar-refractivity contribution in [2.75, 3.05) is 6.54 Å². The van der Waals surface area contributed by atoms with E-state index in [2.05, 4.69) is 0 Å². The molecule has 1 unspecified atom stereocenters. The van der Waals surface area contributed by atoms with E-state index in [9.17, 15) is 21.6 Å².